The van der Waals surface area contributed by atoms with E-state index in [-0.39, 0.29) is 11.9 Å². The molecule has 0 radical (unpaired) electrons. The lowest BCUT2D eigenvalue weighted by molar-refractivity contribution is -0.132. The molecular weight excluding hydrogens is 324 g/mol. The Morgan fingerprint density at radius 2 is 2.17 bits per heavy atom. The van der Waals surface area contributed by atoms with Crippen molar-refractivity contribution in [3.63, 3.8) is 0 Å². The Morgan fingerprint density at radius 1 is 1.29 bits per heavy atom. The topological polar surface area (TPSA) is 55.5 Å². The first kappa shape index (κ1) is 15.2. The van der Waals surface area contributed by atoms with E-state index in [0.29, 0.717) is 18.5 Å². The number of aromatic nitrogens is 1. The van der Waals surface area contributed by atoms with Gasteiger partial charge in [0.25, 0.3) is 0 Å². The van der Waals surface area contributed by atoms with E-state index in [1.54, 1.807) is 22.0 Å². The number of hydrogen-bond donors (Lipinski definition) is 0. The summed E-state index contributed by atoms with van der Waals surface area (Å²) in [7, 11) is 0. The standard InChI is InChI=1S/C18H18N2O3S/c21-17(19-9-3-5-14(19)13-8-11-24-12-13)7-10-20-15-4-1-2-6-16(15)23-18(20)22/h1-2,4,6,8,11-12,14H,3,5,7,9-10H2. The van der Waals surface area contributed by atoms with Crippen molar-refractivity contribution in [3.05, 3.63) is 57.2 Å². The number of para-hydroxylation sites is 2. The van der Waals surface area contributed by atoms with Crippen LogP contribution in [0.2, 0.25) is 0 Å². The van der Waals surface area contributed by atoms with E-state index < -0.39 is 5.76 Å². The molecule has 1 saturated heterocycles. The summed E-state index contributed by atoms with van der Waals surface area (Å²) in [4.78, 5) is 26.6. The van der Waals surface area contributed by atoms with E-state index in [1.165, 1.54) is 5.56 Å². The summed E-state index contributed by atoms with van der Waals surface area (Å²) in [5.41, 5.74) is 2.52. The van der Waals surface area contributed by atoms with Gasteiger partial charge in [-0.25, -0.2) is 4.79 Å². The average molecular weight is 342 g/mol. The molecular formula is C18H18N2O3S. The van der Waals surface area contributed by atoms with Gasteiger partial charge in [0.2, 0.25) is 5.91 Å². The van der Waals surface area contributed by atoms with E-state index in [2.05, 4.69) is 11.4 Å². The second-order valence-electron chi connectivity index (χ2n) is 6.04. The Labute approximate surface area is 143 Å². The van der Waals surface area contributed by atoms with Gasteiger partial charge in [-0.2, -0.15) is 11.3 Å². The highest BCUT2D eigenvalue weighted by atomic mass is 32.1. The fraction of sp³-hybridized carbons (Fsp3) is 0.333. The predicted molar refractivity (Wildman–Crippen MR) is 93.1 cm³/mol. The summed E-state index contributed by atoms with van der Waals surface area (Å²) in [6.45, 7) is 1.14. The van der Waals surface area contributed by atoms with Crippen molar-refractivity contribution < 1.29 is 9.21 Å². The number of carbonyl (C=O) groups is 1. The monoisotopic (exact) mass is 342 g/mol. The Morgan fingerprint density at radius 3 is 3.00 bits per heavy atom. The number of fused-ring (bicyclic) bond motifs is 1. The van der Waals surface area contributed by atoms with Gasteiger partial charge in [-0.3, -0.25) is 9.36 Å². The van der Waals surface area contributed by atoms with Crippen molar-refractivity contribution in [2.75, 3.05) is 6.54 Å². The van der Waals surface area contributed by atoms with Crippen molar-refractivity contribution >= 4 is 28.3 Å². The molecule has 124 valence electrons. The minimum Gasteiger partial charge on any atom is -0.408 e. The summed E-state index contributed by atoms with van der Waals surface area (Å²) in [5.74, 6) is -0.305. The van der Waals surface area contributed by atoms with Crippen LogP contribution in [0.4, 0.5) is 0 Å². The number of oxazole rings is 1. The van der Waals surface area contributed by atoms with Gasteiger partial charge in [-0.15, -0.1) is 0 Å². The van der Waals surface area contributed by atoms with Crippen molar-refractivity contribution in [3.8, 4) is 0 Å². The maximum Gasteiger partial charge on any atom is 0.419 e. The Bertz CT molecular complexity index is 910. The molecule has 1 amide bonds. The van der Waals surface area contributed by atoms with Crippen molar-refractivity contribution in [1.82, 2.24) is 9.47 Å². The van der Waals surface area contributed by atoms with Crippen LogP contribution in [0.15, 0.2) is 50.3 Å². The number of nitrogens with zero attached hydrogens (tertiary/aromatic N) is 2. The molecule has 5 nitrogen and oxygen atoms in total. The SMILES string of the molecule is O=C(CCn1c(=O)oc2ccccc21)N1CCCC1c1ccsc1. The molecule has 0 aliphatic carbocycles. The fourth-order valence-corrected chi connectivity index (χ4v) is 4.16. The van der Waals surface area contributed by atoms with E-state index in [4.69, 9.17) is 4.42 Å². The molecule has 6 heteroatoms. The maximum absolute atomic E-state index is 12.7. The molecule has 0 saturated carbocycles. The van der Waals surface area contributed by atoms with Crippen LogP contribution in [0.3, 0.4) is 0 Å². The predicted octanol–water partition coefficient (Wildman–Crippen LogP) is 3.41. The number of amides is 1. The Kier molecular flexibility index (Phi) is 3.98. The van der Waals surface area contributed by atoms with Crippen molar-refractivity contribution in [2.24, 2.45) is 0 Å². The molecule has 1 aromatic carbocycles. The first-order valence-corrected chi connectivity index (χ1v) is 9.08. The van der Waals surface area contributed by atoms with Crippen LogP contribution in [-0.2, 0) is 11.3 Å². The third-order valence-corrected chi connectivity index (χ3v) is 5.33. The molecule has 1 aliphatic rings. The number of thiophene rings is 1. The molecule has 2 aromatic heterocycles. The van der Waals surface area contributed by atoms with Crippen molar-refractivity contribution in [1.29, 1.82) is 0 Å². The number of carbonyl (C=O) groups excluding carboxylic acids is 1. The van der Waals surface area contributed by atoms with Crippen molar-refractivity contribution in [2.45, 2.75) is 31.8 Å². The lowest BCUT2D eigenvalue weighted by Gasteiger charge is -2.24. The van der Waals surface area contributed by atoms with Gasteiger partial charge in [0, 0.05) is 19.5 Å². The molecule has 1 aliphatic heterocycles. The summed E-state index contributed by atoms with van der Waals surface area (Å²) in [5, 5.41) is 4.16. The van der Waals surface area contributed by atoms with Gasteiger partial charge in [-0.1, -0.05) is 12.1 Å². The van der Waals surface area contributed by atoms with Gasteiger partial charge in [0.05, 0.1) is 11.6 Å². The summed E-state index contributed by atoms with van der Waals surface area (Å²) < 4.78 is 6.77. The third-order valence-electron chi connectivity index (χ3n) is 4.62. The van der Waals surface area contributed by atoms with Gasteiger partial charge >= 0.3 is 5.76 Å². The quantitative estimate of drug-likeness (QED) is 0.730. The highest BCUT2D eigenvalue weighted by Crippen LogP contribution is 2.33. The number of likely N-dealkylation sites (tertiary alicyclic amines) is 1. The molecule has 1 atom stereocenters. The first-order chi connectivity index (χ1) is 11.7. The van der Waals surface area contributed by atoms with E-state index in [1.807, 2.05) is 28.5 Å². The maximum atomic E-state index is 12.7. The van der Waals surface area contributed by atoms with Crippen LogP contribution >= 0.6 is 11.3 Å². The van der Waals surface area contributed by atoms with Crippen LogP contribution < -0.4 is 5.76 Å². The van der Waals surface area contributed by atoms with Gasteiger partial charge in [-0.05, 0) is 47.4 Å². The zero-order valence-electron chi connectivity index (χ0n) is 13.2. The molecule has 1 unspecified atom stereocenters. The number of rotatable bonds is 4. The molecule has 1 fully saturated rings. The average Bonchev–Trinajstić information content (AvgIpc) is 3.31. The molecule has 3 heterocycles. The summed E-state index contributed by atoms with van der Waals surface area (Å²) in [6, 6.07) is 9.58. The second kappa shape index (κ2) is 6.28. The molecule has 4 rings (SSSR count). The van der Waals surface area contributed by atoms with Gasteiger partial charge in [0.15, 0.2) is 5.58 Å². The summed E-state index contributed by atoms with van der Waals surface area (Å²) in [6.07, 6.45) is 2.35. The zero-order valence-corrected chi connectivity index (χ0v) is 14.0. The second-order valence-corrected chi connectivity index (χ2v) is 6.82. The third kappa shape index (κ3) is 2.67. The largest absolute Gasteiger partial charge is 0.419 e. The molecule has 0 bridgehead atoms. The minimum atomic E-state index is -0.403. The number of hydrogen-bond acceptors (Lipinski definition) is 4. The molecule has 0 spiro atoms. The van der Waals surface area contributed by atoms with Crippen LogP contribution in [0.5, 0.6) is 0 Å². The first-order valence-electron chi connectivity index (χ1n) is 8.14. The van der Waals surface area contributed by atoms with Crippen LogP contribution in [0, 0.1) is 0 Å². The Balaban J connectivity index is 1.50. The molecule has 3 aromatic rings. The highest BCUT2D eigenvalue weighted by molar-refractivity contribution is 7.07. The van der Waals surface area contributed by atoms with Crippen LogP contribution in [-0.4, -0.2) is 21.9 Å². The van der Waals surface area contributed by atoms with E-state index in [0.717, 1.165) is 24.9 Å². The van der Waals surface area contributed by atoms with E-state index in [9.17, 15) is 9.59 Å². The van der Waals surface area contributed by atoms with E-state index >= 15 is 0 Å². The smallest absolute Gasteiger partial charge is 0.408 e. The summed E-state index contributed by atoms with van der Waals surface area (Å²) >= 11 is 1.66. The highest BCUT2D eigenvalue weighted by Gasteiger charge is 2.29. The molecule has 0 N–H and O–H groups in total. The fourth-order valence-electron chi connectivity index (χ4n) is 3.45. The minimum absolute atomic E-state index is 0.0980. The van der Waals surface area contributed by atoms with Crippen LogP contribution in [0.1, 0.15) is 30.9 Å². The lowest BCUT2D eigenvalue weighted by Crippen LogP contribution is -2.31. The zero-order chi connectivity index (χ0) is 16.5. The van der Waals surface area contributed by atoms with Gasteiger partial charge < -0.3 is 9.32 Å². The Hall–Kier alpha value is -2.34. The molecule has 24 heavy (non-hydrogen) atoms. The normalized spacial score (nSPS) is 17.7. The number of aryl methyl sites for hydroxylation is 1. The number of benzene rings is 1. The van der Waals surface area contributed by atoms with Crippen LogP contribution in [0.25, 0.3) is 11.1 Å². The van der Waals surface area contributed by atoms with Gasteiger partial charge in [0.1, 0.15) is 0 Å². The lowest BCUT2D eigenvalue weighted by atomic mass is 10.1.